The predicted molar refractivity (Wildman–Crippen MR) is 115 cm³/mol. The Hall–Kier alpha value is -3.23. The first-order valence-electron chi connectivity index (χ1n) is 10.5. The van der Waals surface area contributed by atoms with Crippen LogP contribution in [-0.4, -0.2) is 42.4 Å². The van der Waals surface area contributed by atoms with E-state index in [1.807, 2.05) is 49.6 Å². The molecule has 0 bridgehead atoms. The third kappa shape index (κ3) is 3.80. The molecule has 0 saturated carbocycles. The fourth-order valence-electron chi connectivity index (χ4n) is 3.87. The smallest absolute Gasteiger partial charge is 0.199 e. The molecule has 0 spiro atoms. The number of rotatable bonds is 5. The first-order chi connectivity index (χ1) is 15.0. The van der Waals surface area contributed by atoms with Gasteiger partial charge in [0.25, 0.3) is 0 Å². The monoisotopic (exact) mass is 419 g/mol. The van der Waals surface area contributed by atoms with Crippen molar-refractivity contribution in [1.82, 2.24) is 24.4 Å². The molecule has 3 aromatic heterocycles. The van der Waals surface area contributed by atoms with E-state index in [-0.39, 0.29) is 6.29 Å². The van der Waals surface area contributed by atoms with E-state index in [1.54, 1.807) is 28.5 Å². The van der Waals surface area contributed by atoms with Crippen molar-refractivity contribution in [1.29, 1.82) is 0 Å². The largest absolute Gasteiger partial charge is 0.465 e. The highest BCUT2D eigenvalue weighted by atomic mass is 16.7. The Morgan fingerprint density at radius 2 is 1.97 bits per heavy atom. The molecular formula is C23H25N5O3. The number of imidazole rings is 1. The van der Waals surface area contributed by atoms with Crippen LogP contribution in [0.3, 0.4) is 0 Å². The molecule has 2 unspecified atom stereocenters. The van der Waals surface area contributed by atoms with Crippen LogP contribution in [0.5, 0.6) is 5.75 Å². The van der Waals surface area contributed by atoms with E-state index in [0.717, 1.165) is 48.4 Å². The van der Waals surface area contributed by atoms with Crippen LogP contribution in [0.1, 0.15) is 37.4 Å². The van der Waals surface area contributed by atoms with E-state index in [0.29, 0.717) is 11.3 Å². The van der Waals surface area contributed by atoms with Gasteiger partial charge in [0, 0.05) is 25.2 Å². The summed E-state index contributed by atoms with van der Waals surface area (Å²) < 4.78 is 15.0. The lowest BCUT2D eigenvalue weighted by Crippen LogP contribution is -2.26. The molecule has 8 nitrogen and oxygen atoms in total. The fourth-order valence-corrected chi connectivity index (χ4v) is 3.87. The van der Waals surface area contributed by atoms with E-state index in [1.165, 1.54) is 0 Å². The number of aromatic nitrogens is 5. The third-order valence-corrected chi connectivity index (χ3v) is 5.68. The second-order valence-corrected chi connectivity index (χ2v) is 8.05. The summed E-state index contributed by atoms with van der Waals surface area (Å²) in [6.07, 6.45) is 8.21. The Bertz CT molecular complexity index is 1190. The van der Waals surface area contributed by atoms with Crippen molar-refractivity contribution < 1.29 is 14.6 Å². The van der Waals surface area contributed by atoms with Gasteiger partial charge in [0.2, 0.25) is 0 Å². The van der Waals surface area contributed by atoms with Crippen LogP contribution in [0.15, 0.2) is 55.0 Å². The number of hydrogen-bond acceptors (Lipinski definition) is 6. The lowest BCUT2D eigenvalue weighted by Gasteiger charge is -2.25. The molecule has 160 valence electrons. The van der Waals surface area contributed by atoms with Crippen LogP contribution in [0, 0.1) is 0 Å². The molecule has 1 aromatic carbocycles. The molecule has 1 N–H and O–H groups in total. The van der Waals surface area contributed by atoms with Gasteiger partial charge in [0.05, 0.1) is 30.4 Å². The summed E-state index contributed by atoms with van der Waals surface area (Å²) in [5.74, 6) is 0.724. The number of hydrogen-bond donors (Lipinski definition) is 1. The average molecular weight is 419 g/mol. The maximum Gasteiger partial charge on any atom is 0.199 e. The quantitative estimate of drug-likeness (QED) is 0.534. The van der Waals surface area contributed by atoms with Gasteiger partial charge in [-0.15, -0.1) is 0 Å². The SMILES string of the molecule is Cn1cc(-c2ccc3ncc(C(C)(O)c4ccc(OC5CCCCO5)cc4)n3n2)cn1. The minimum absolute atomic E-state index is 0.200. The summed E-state index contributed by atoms with van der Waals surface area (Å²) in [7, 11) is 1.86. The number of ether oxygens (including phenoxy) is 2. The van der Waals surface area contributed by atoms with Crippen molar-refractivity contribution in [3.05, 3.63) is 66.2 Å². The minimum Gasteiger partial charge on any atom is -0.465 e. The van der Waals surface area contributed by atoms with Crippen LogP contribution in [-0.2, 0) is 17.4 Å². The lowest BCUT2D eigenvalue weighted by molar-refractivity contribution is -0.105. The van der Waals surface area contributed by atoms with Crippen LogP contribution >= 0.6 is 0 Å². The van der Waals surface area contributed by atoms with Gasteiger partial charge in [-0.25, -0.2) is 9.50 Å². The molecule has 1 aliphatic heterocycles. The van der Waals surface area contributed by atoms with E-state index in [4.69, 9.17) is 14.6 Å². The molecular weight excluding hydrogens is 394 g/mol. The van der Waals surface area contributed by atoms with Gasteiger partial charge in [-0.3, -0.25) is 4.68 Å². The zero-order valence-electron chi connectivity index (χ0n) is 17.6. The lowest BCUT2D eigenvalue weighted by atomic mass is 9.93. The summed E-state index contributed by atoms with van der Waals surface area (Å²) in [4.78, 5) is 4.42. The van der Waals surface area contributed by atoms with Crippen molar-refractivity contribution in [3.8, 4) is 17.0 Å². The van der Waals surface area contributed by atoms with Crippen molar-refractivity contribution in [2.75, 3.05) is 6.61 Å². The van der Waals surface area contributed by atoms with E-state index in [9.17, 15) is 5.11 Å². The second-order valence-electron chi connectivity index (χ2n) is 8.05. The Labute approximate surface area is 180 Å². The van der Waals surface area contributed by atoms with Gasteiger partial charge in [-0.1, -0.05) is 12.1 Å². The van der Waals surface area contributed by atoms with E-state index < -0.39 is 5.60 Å². The Balaban J connectivity index is 1.44. The molecule has 5 rings (SSSR count). The molecule has 0 radical (unpaired) electrons. The van der Waals surface area contributed by atoms with Crippen LogP contribution in [0.2, 0.25) is 0 Å². The predicted octanol–water partition coefficient (Wildman–Crippen LogP) is 3.29. The van der Waals surface area contributed by atoms with Crippen molar-refractivity contribution in [2.45, 2.75) is 38.1 Å². The van der Waals surface area contributed by atoms with Gasteiger partial charge >= 0.3 is 0 Å². The van der Waals surface area contributed by atoms with Crippen molar-refractivity contribution in [2.24, 2.45) is 7.05 Å². The summed E-state index contributed by atoms with van der Waals surface area (Å²) >= 11 is 0. The highest BCUT2D eigenvalue weighted by molar-refractivity contribution is 5.58. The molecule has 0 aliphatic carbocycles. The van der Waals surface area contributed by atoms with Gasteiger partial charge < -0.3 is 14.6 Å². The number of aryl methyl sites for hydroxylation is 1. The van der Waals surface area contributed by atoms with E-state index >= 15 is 0 Å². The van der Waals surface area contributed by atoms with Crippen molar-refractivity contribution >= 4 is 5.65 Å². The Morgan fingerprint density at radius 1 is 1.13 bits per heavy atom. The highest BCUT2D eigenvalue weighted by Gasteiger charge is 2.30. The summed E-state index contributed by atoms with van der Waals surface area (Å²) in [5.41, 5.74) is 2.33. The maximum absolute atomic E-state index is 11.4. The Kier molecular flexibility index (Phi) is 4.95. The molecule has 8 heteroatoms. The second kappa shape index (κ2) is 7.79. The first-order valence-corrected chi connectivity index (χ1v) is 10.5. The molecule has 4 heterocycles. The Morgan fingerprint density at radius 3 is 2.68 bits per heavy atom. The van der Waals surface area contributed by atoms with Gasteiger partial charge in [-0.05, 0) is 49.6 Å². The standard InChI is InChI=1S/C23H25N5O3/c1-23(29,17-6-8-18(9-7-17)31-22-5-3-4-12-30-22)20-14-24-21-11-10-19(26-28(20)21)16-13-25-27(2)15-16/h6-11,13-15,22,29H,3-5,12H2,1-2H3. The molecule has 2 atom stereocenters. The average Bonchev–Trinajstić information content (AvgIpc) is 3.41. The zero-order chi connectivity index (χ0) is 21.4. The van der Waals surface area contributed by atoms with Crippen molar-refractivity contribution in [3.63, 3.8) is 0 Å². The number of benzene rings is 1. The maximum atomic E-state index is 11.4. The van der Waals surface area contributed by atoms with Crippen LogP contribution in [0.4, 0.5) is 0 Å². The van der Waals surface area contributed by atoms with Crippen LogP contribution < -0.4 is 4.74 Å². The molecule has 4 aromatic rings. The third-order valence-electron chi connectivity index (χ3n) is 5.68. The molecule has 1 fully saturated rings. The molecule has 1 saturated heterocycles. The zero-order valence-corrected chi connectivity index (χ0v) is 17.6. The van der Waals surface area contributed by atoms with Gasteiger partial charge in [-0.2, -0.15) is 10.2 Å². The van der Waals surface area contributed by atoms with Gasteiger partial charge in [0.1, 0.15) is 11.4 Å². The first kappa shape index (κ1) is 19.7. The number of aliphatic hydroxyl groups is 1. The molecule has 0 amide bonds. The summed E-state index contributed by atoms with van der Waals surface area (Å²) in [5, 5.41) is 20.4. The van der Waals surface area contributed by atoms with Gasteiger partial charge in [0.15, 0.2) is 11.9 Å². The minimum atomic E-state index is -1.29. The molecule has 1 aliphatic rings. The topological polar surface area (TPSA) is 86.7 Å². The summed E-state index contributed by atoms with van der Waals surface area (Å²) in [6.45, 7) is 2.48. The van der Waals surface area contributed by atoms with E-state index in [2.05, 4.69) is 10.1 Å². The normalized spacial score (nSPS) is 18.7. The molecule has 31 heavy (non-hydrogen) atoms. The number of fused-ring (bicyclic) bond motifs is 1. The van der Waals surface area contributed by atoms with Crippen LogP contribution in [0.25, 0.3) is 16.9 Å². The summed E-state index contributed by atoms with van der Waals surface area (Å²) in [6, 6.07) is 11.2. The highest BCUT2D eigenvalue weighted by Crippen LogP contribution is 2.31. The fraction of sp³-hybridized carbons (Fsp3) is 0.348. The number of nitrogens with zero attached hydrogens (tertiary/aromatic N) is 5.